The van der Waals surface area contributed by atoms with Crippen molar-refractivity contribution in [2.45, 2.75) is 52.4 Å². The Morgan fingerprint density at radius 2 is 1.40 bits per heavy atom. The number of aromatic nitrogens is 2. The molecule has 1 amide bonds. The van der Waals surface area contributed by atoms with Crippen LogP contribution in [0.4, 0.5) is 32.0 Å². The number of carbonyl (C=O) groups is 1. The second-order valence-corrected chi connectivity index (χ2v) is 11.4. The van der Waals surface area contributed by atoms with Gasteiger partial charge in [-0.05, 0) is 86.6 Å². The second kappa shape index (κ2) is 16.8. The summed E-state index contributed by atoms with van der Waals surface area (Å²) in [6, 6.07) is 13.6. The van der Waals surface area contributed by atoms with Gasteiger partial charge < -0.3 is 24.4 Å². The van der Waals surface area contributed by atoms with Gasteiger partial charge in [-0.2, -0.15) is 31.4 Å². The van der Waals surface area contributed by atoms with Gasteiger partial charge in [-0.25, -0.2) is 0 Å². The fraction of sp³-hybridized carbons (Fsp3) is 0.389. The highest BCUT2D eigenvalue weighted by molar-refractivity contribution is 6.04. The maximum absolute atomic E-state index is 13.4. The lowest BCUT2D eigenvalue weighted by Crippen LogP contribution is -2.25. The number of rotatable bonds is 16. The molecule has 270 valence electrons. The zero-order chi connectivity index (χ0) is 36.5. The molecule has 0 saturated heterocycles. The summed E-state index contributed by atoms with van der Waals surface area (Å²) >= 11 is 0. The summed E-state index contributed by atoms with van der Waals surface area (Å²) in [6.45, 7) is 10.2. The average Bonchev–Trinajstić information content (AvgIpc) is 3.47. The number of anilines is 1. The molecule has 0 spiro atoms. The van der Waals surface area contributed by atoms with Gasteiger partial charge in [-0.3, -0.25) is 9.48 Å². The first-order chi connectivity index (χ1) is 23.7. The Balaban J connectivity index is 1.47. The van der Waals surface area contributed by atoms with Crippen LogP contribution >= 0.6 is 0 Å². The summed E-state index contributed by atoms with van der Waals surface area (Å²) in [4.78, 5) is 15.7. The van der Waals surface area contributed by atoms with E-state index in [-0.39, 0.29) is 17.5 Å². The number of nitrogens with zero attached hydrogens (tertiary/aromatic N) is 3. The van der Waals surface area contributed by atoms with Crippen molar-refractivity contribution in [3.8, 4) is 34.3 Å². The first-order valence-corrected chi connectivity index (χ1v) is 16.3. The fourth-order valence-corrected chi connectivity index (χ4v) is 4.98. The number of halogens is 6. The van der Waals surface area contributed by atoms with E-state index in [2.05, 4.69) is 29.2 Å². The molecule has 0 bridgehead atoms. The van der Waals surface area contributed by atoms with Crippen LogP contribution in [0.25, 0.3) is 11.3 Å². The monoisotopic (exact) mass is 706 g/mol. The Morgan fingerprint density at radius 1 is 0.780 bits per heavy atom. The maximum Gasteiger partial charge on any atom is 0.416 e. The molecule has 1 N–H and O–H groups in total. The molecule has 4 rings (SSSR count). The quantitative estimate of drug-likeness (QED) is 0.0924. The van der Waals surface area contributed by atoms with Gasteiger partial charge in [0, 0.05) is 25.2 Å². The van der Waals surface area contributed by atoms with Crippen LogP contribution in [-0.4, -0.2) is 53.4 Å². The van der Waals surface area contributed by atoms with Crippen molar-refractivity contribution in [2.24, 2.45) is 7.05 Å². The van der Waals surface area contributed by atoms with Crippen LogP contribution in [0.2, 0.25) is 0 Å². The Morgan fingerprint density at radius 3 is 2.00 bits per heavy atom. The van der Waals surface area contributed by atoms with Crippen LogP contribution in [0.15, 0.2) is 66.7 Å². The number of nitrogens with one attached hydrogen (secondary N) is 1. The summed E-state index contributed by atoms with van der Waals surface area (Å²) in [7, 11) is 1.59. The zero-order valence-electron chi connectivity index (χ0n) is 28.3. The molecule has 0 unspecified atom stereocenters. The standard InChI is InChI=1S/C36H40F6N4O4/c1-5-8-17-49-33-22-28(48-18-9-16-46(6-2)7-3)14-15-30(33)43-34(47)32-23-31(44-45(32)4)24-10-12-27(13-11-24)50-29-20-25(35(37,38)39)19-26(21-29)36(40,41)42/h10-15,19-23H,5-9,16-18H2,1-4H3,(H,43,47). The number of benzene rings is 3. The Hall–Kier alpha value is -4.72. The first kappa shape index (κ1) is 38.1. The largest absolute Gasteiger partial charge is 0.493 e. The number of ether oxygens (including phenoxy) is 3. The third kappa shape index (κ3) is 10.4. The van der Waals surface area contributed by atoms with E-state index in [1.165, 1.54) is 28.9 Å². The summed E-state index contributed by atoms with van der Waals surface area (Å²) in [6.07, 6.45) is -7.38. The normalized spacial score (nSPS) is 11.9. The fourth-order valence-electron chi connectivity index (χ4n) is 4.98. The van der Waals surface area contributed by atoms with Crippen molar-refractivity contribution in [3.05, 3.63) is 83.6 Å². The van der Waals surface area contributed by atoms with Crippen LogP contribution in [0.5, 0.6) is 23.0 Å². The van der Waals surface area contributed by atoms with Gasteiger partial charge in [-0.15, -0.1) is 0 Å². The number of amides is 1. The predicted molar refractivity (Wildman–Crippen MR) is 178 cm³/mol. The highest BCUT2D eigenvalue weighted by Crippen LogP contribution is 2.39. The molecule has 8 nitrogen and oxygen atoms in total. The zero-order valence-corrected chi connectivity index (χ0v) is 28.3. The molecule has 50 heavy (non-hydrogen) atoms. The molecule has 1 aromatic heterocycles. The predicted octanol–water partition coefficient (Wildman–Crippen LogP) is 9.46. The van der Waals surface area contributed by atoms with Crippen molar-refractivity contribution in [3.63, 3.8) is 0 Å². The second-order valence-electron chi connectivity index (χ2n) is 11.4. The van der Waals surface area contributed by atoms with Crippen LogP contribution in [-0.2, 0) is 19.4 Å². The van der Waals surface area contributed by atoms with E-state index < -0.39 is 35.1 Å². The van der Waals surface area contributed by atoms with E-state index in [9.17, 15) is 31.1 Å². The van der Waals surface area contributed by atoms with Crippen LogP contribution in [0.1, 0.15) is 61.6 Å². The van der Waals surface area contributed by atoms with Gasteiger partial charge in [0.15, 0.2) is 0 Å². The summed E-state index contributed by atoms with van der Waals surface area (Å²) in [5.41, 5.74) is -1.37. The third-order valence-electron chi connectivity index (χ3n) is 7.80. The Bertz CT molecular complexity index is 1680. The number of hydrogen-bond donors (Lipinski definition) is 1. The lowest BCUT2D eigenvalue weighted by Gasteiger charge is -2.18. The SMILES string of the molecule is CCCCOc1cc(OCCCN(CC)CC)ccc1NC(=O)c1cc(-c2ccc(Oc3cc(C(F)(F)F)cc(C(F)(F)F)c3)cc2)nn1C. The highest BCUT2D eigenvalue weighted by atomic mass is 19.4. The molecule has 0 saturated carbocycles. The molecule has 0 aliphatic heterocycles. The number of carbonyl (C=O) groups excluding carboxylic acids is 1. The van der Waals surface area contributed by atoms with E-state index in [1.54, 1.807) is 31.3 Å². The number of unbranched alkanes of at least 4 members (excludes halogenated alkanes) is 1. The highest BCUT2D eigenvalue weighted by Gasteiger charge is 2.37. The summed E-state index contributed by atoms with van der Waals surface area (Å²) in [5.74, 6) is 0.0170. The molecule has 14 heteroatoms. The molecule has 0 aliphatic carbocycles. The minimum Gasteiger partial charge on any atom is -0.493 e. The summed E-state index contributed by atoms with van der Waals surface area (Å²) in [5, 5.41) is 7.29. The maximum atomic E-state index is 13.4. The molecule has 0 aliphatic rings. The molecule has 3 aromatic carbocycles. The van der Waals surface area contributed by atoms with E-state index in [4.69, 9.17) is 14.2 Å². The van der Waals surface area contributed by atoms with Gasteiger partial charge in [0.2, 0.25) is 0 Å². The molecular weight excluding hydrogens is 666 g/mol. The molecule has 1 heterocycles. The molecule has 4 aromatic rings. The number of aryl methyl sites for hydroxylation is 1. The van der Waals surface area contributed by atoms with Crippen molar-refractivity contribution in [2.75, 3.05) is 38.2 Å². The smallest absolute Gasteiger partial charge is 0.416 e. The van der Waals surface area contributed by atoms with E-state index >= 15 is 0 Å². The van der Waals surface area contributed by atoms with Crippen LogP contribution < -0.4 is 19.5 Å². The minimum atomic E-state index is -5.00. The number of alkyl halides is 6. The van der Waals surface area contributed by atoms with Gasteiger partial charge >= 0.3 is 12.4 Å². The first-order valence-electron chi connectivity index (χ1n) is 16.3. The van der Waals surface area contributed by atoms with E-state index in [1.807, 2.05) is 6.92 Å². The average molecular weight is 707 g/mol. The van der Waals surface area contributed by atoms with Gasteiger partial charge in [0.05, 0.1) is 35.7 Å². The van der Waals surface area contributed by atoms with Crippen molar-refractivity contribution in [1.82, 2.24) is 14.7 Å². The molecule has 0 radical (unpaired) electrons. The lowest BCUT2D eigenvalue weighted by atomic mass is 10.1. The van der Waals surface area contributed by atoms with Gasteiger partial charge in [-0.1, -0.05) is 27.2 Å². The van der Waals surface area contributed by atoms with Gasteiger partial charge in [0.1, 0.15) is 28.7 Å². The van der Waals surface area contributed by atoms with Crippen molar-refractivity contribution in [1.29, 1.82) is 0 Å². The lowest BCUT2D eigenvalue weighted by molar-refractivity contribution is -0.143. The molecule has 0 fully saturated rings. The van der Waals surface area contributed by atoms with Crippen LogP contribution in [0.3, 0.4) is 0 Å². The van der Waals surface area contributed by atoms with E-state index in [0.717, 1.165) is 38.9 Å². The third-order valence-corrected chi connectivity index (χ3v) is 7.80. The summed E-state index contributed by atoms with van der Waals surface area (Å²) < 4.78 is 98.2. The van der Waals surface area contributed by atoms with Crippen LogP contribution in [0, 0.1) is 0 Å². The number of hydrogen-bond acceptors (Lipinski definition) is 6. The van der Waals surface area contributed by atoms with Crippen molar-refractivity contribution >= 4 is 11.6 Å². The Kier molecular flexibility index (Phi) is 12.8. The topological polar surface area (TPSA) is 77.8 Å². The van der Waals surface area contributed by atoms with Gasteiger partial charge in [0.25, 0.3) is 5.91 Å². The van der Waals surface area contributed by atoms with E-state index in [0.29, 0.717) is 53.8 Å². The molecule has 0 atom stereocenters. The van der Waals surface area contributed by atoms with Crippen molar-refractivity contribution < 1.29 is 45.3 Å². The molecular formula is C36H40F6N4O4. The Labute approximate surface area is 286 Å². The minimum absolute atomic E-state index is 0.00187.